The van der Waals surface area contributed by atoms with Crippen LogP contribution in [0.3, 0.4) is 0 Å². The number of esters is 1. The van der Waals surface area contributed by atoms with Crippen molar-refractivity contribution >= 4 is 27.6 Å². The van der Waals surface area contributed by atoms with Crippen molar-refractivity contribution in [2.45, 2.75) is 36.8 Å². The third-order valence-electron chi connectivity index (χ3n) is 3.37. The number of carbonyl (C=O) groups is 1. The normalized spacial score (nSPS) is 20.3. The van der Waals surface area contributed by atoms with E-state index < -0.39 is 28.1 Å². The van der Waals surface area contributed by atoms with Gasteiger partial charge in [0.2, 0.25) is 10.0 Å². The quantitative estimate of drug-likeness (QED) is 0.780. The molecule has 0 unspecified atom stereocenters. The zero-order valence-electron chi connectivity index (χ0n) is 11.9. The molecule has 1 heterocycles. The Morgan fingerprint density at radius 1 is 1.45 bits per heavy atom. The van der Waals surface area contributed by atoms with E-state index in [1.165, 1.54) is 31.2 Å². The SMILES string of the molecule is C[C@H](C#N)OC(=O)[C@@H]1CCCN1S(=O)(=O)c1ccc(Cl)cc1. The first-order valence-electron chi connectivity index (χ1n) is 6.74. The van der Waals surface area contributed by atoms with Gasteiger partial charge in [-0.15, -0.1) is 0 Å². The van der Waals surface area contributed by atoms with Crippen molar-refractivity contribution in [1.82, 2.24) is 4.31 Å². The van der Waals surface area contributed by atoms with E-state index in [4.69, 9.17) is 21.6 Å². The summed E-state index contributed by atoms with van der Waals surface area (Å²) in [7, 11) is -3.80. The van der Waals surface area contributed by atoms with Crippen LogP contribution in [0.15, 0.2) is 29.2 Å². The lowest BCUT2D eigenvalue weighted by molar-refractivity contribution is -0.149. The van der Waals surface area contributed by atoms with Crippen LogP contribution in [-0.2, 0) is 19.6 Å². The molecule has 1 fully saturated rings. The molecule has 1 aliphatic heterocycles. The molecule has 0 saturated carbocycles. The first kappa shape index (κ1) is 16.7. The highest BCUT2D eigenvalue weighted by atomic mass is 35.5. The summed E-state index contributed by atoms with van der Waals surface area (Å²) in [4.78, 5) is 12.1. The van der Waals surface area contributed by atoms with Crippen molar-refractivity contribution in [2.24, 2.45) is 0 Å². The van der Waals surface area contributed by atoms with Crippen molar-refractivity contribution in [3.8, 4) is 6.07 Å². The molecule has 1 aliphatic rings. The van der Waals surface area contributed by atoms with E-state index in [1.807, 2.05) is 0 Å². The van der Waals surface area contributed by atoms with Gasteiger partial charge in [0.25, 0.3) is 0 Å². The Morgan fingerprint density at radius 2 is 2.09 bits per heavy atom. The number of carbonyl (C=O) groups excluding carboxylic acids is 1. The fourth-order valence-electron chi connectivity index (χ4n) is 2.28. The lowest BCUT2D eigenvalue weighted by Gasteiger charge is -2.23. The maximum Gasteiger partial charge on any atom is 0.325 e. The van der Waals surface area contributed by atoms with Crippen molar-refractivity contribution in [3.05, 3.63) is 29.3 Å². The second-order valence-electron chi connectivity index (χ2n) is 4.94. The van der Waals surface area contributed by atoms with E-state index in [2.05, 4.69) is 0 Å². The van der Waals surface area contributed by atoms with Crippen molar-refractivity contribution in [1.29, 1.82) is 5.26 Å². The summed E-state index contributed by atoms with van der Waals surface area (Å²) < 4.78 is 31.3. The van der Waals surface area contributed by atoms with Gasteiger partial charge >= 0.3 is 5.97 Å². The van der Waals surface area contributed by atoms with E-state index in [0.29, 0.717) is 17.9 Å². The second-order valence-corrected chi connectivity index (χ2v) is 7.26. The standard InChI is InChI=1S/C14H15ClN2O4S/c1-10(9-16)21-14(18)13-3-2-8-17(13)22(19,20)12-6-4-11(15)5-7-12/h4-7,10,13H,2-3,8H2,1H3/t10-,13+/m1/s1. The molecule has 0 N–H and O–H groups in total. The van der Waals surface area contributed by atoms with Gasteiger partial charge in [-0.25, -0.2) is 8.42 Å². The number of benzene rings is 1. The monoisotopic (exact) mass is 342 g/mol. The average Bonchev–Trinajstić information content (AvgIpc) is 2.97. The topological polar surface area (TPSA) is 87.5 Å². The molecular formula is C14H15ClN2O4S. The predicted octanol–water partition coefficient (Wildman–Crippen LogP) is 1.95. The molecule has 2 atom stereocenters. The van der Waals surface area contributed by atoms with Gasteiger partial charge < -0.3 is 4.74 Å². The highest BCUT2D eigenvalue weighted by molar-refractivity contribution is 7.89. The molecule has 0 bridgehead atoms. The van der Waals surface area contributed by atoms with Gasteiger partial charge in [0.05, 0.1) is 4.90 Å². The van der Waals surface area contributed by atoms with Crippen LogP contribution in [0.4, 0.5) is 0 Å². The summed E-state index contributed by atoms with van der Waals surface area (Å²) in [6.07, 6.45) is 0.0327. The molecule has 22 heavy (non-hydrogen) atoms. The molecule has 118 valence electrons. The largest absolute Gasteiger partial charge is 0.446 e. The molecule has 6 nitrogen and oxygen atoms in total. The lowest BCUT2D eigenvalue weighted by Crippen LogP contribution is -2.42. The van der Waals surface area contributed by atoms with Crippen molar-refractivity contribution < 1.29 is 17.9 Å². The van der Waals surface area contributed by atoms with Crippen LogP contribution in [0, 0.1) is 11.3 Å². The Labute approximate surface area is 134 Å². The zero-order chi connectivity index (χ0) is 16.3. The predicted molar refractivity (Wildman–Crippen MR) is 79.5 cm³/mol. The minimum Gasteiger partial charge on any atom is -0.446 e. The van der Waals surface area contributed by atoms with Crippen LogP contribution in [0.2, 0.25) is 5.02 Å². The fraction of sp³-hybridized carbons (Fsp3) is 0.429. The van der Waals surface area contributed by atoms with Crippen LogP contribution in [0.25, 0.3) is 0 Å². The molecule has 1 saturated heterocycles. The summed E-state index contributed by atoms with van der Waals surface area (Å²) in [6.45, 7) is 1.68. The third-order valence-corrected chi connectivity index (χ3v) is 5.55. The Balaban J connectivity index is 2.24. The van der Waals surface area contributed by atoms with E-state index in [1.54, 1.807) is 6.07 Å². The number of hydrogen-bond acceptors (Lipinski definition) is 5. The number of ether oxygens (including phenoxy) is 1. The molecule has 0 aliphatic carbocycles. The van der Waals surface area contributed by atoms with Gasteiger partial charge in [-0.3, -0.25) is 4.79 Å². The van der Waals surface area contributed by atoms with E-state index in [-0.39, 0.29) is 11.4 Å². The first-order chi connectivity index (χ1) is 10.4. The van der Waals surface area contributed by atoms with Crippen LogP contribution in [0.5, 0.6) is 0 Å². The van der Waals surface area contributed by atoms with Crippen LogP contribution in [0.1, 0.15) is 19.8 Å². The maximum atomic E-state index is 12.6. The molecule has 2 rings (SSSR count). The van der Waals surface area contributed by atoms with Gasteiger partial charge in [-0.1, -0.05) is 11.6 Å². The molecule has 1 aromatic carbocycles. The fourth-order valence-corrected chi connectivity index (χ4v) is 4.06. The van der Waals surface area contributed by atoms with Crippen LogP contribution in [-0.4, -0.2) is 37.4 Å². The molecule has 1 aromatic rings. The van der Waals surface area contributed by atoms with Crippen molar-refractivity contribution in [2.75, 3.05) is 6.54 Å². The molecular weight excluding hydrogens is 328 g/mol. The van der Waals surface area contributed by atoms with Gasteiger partial charge in [0, 0.05) is 11.6 Å². The van der Waals surface area contributed by atoms with Gasteiger partial charge in [0.15, 0.2) is 6.10 Å². The van der Waals surface area contributed by atoms with Crippen LogP contribution < -0.4 is 0 Å². The smallest absolute Gasteiger partial charge is 0.325 e. The first-order valence-corrected chi connectivity index (χ1v) is 8.55. The average molecular weight is 343 g/mol. The highest BCUT2D eigenvalue weighted by Gasteiger charge is 2.40. The maximum absolute atomic E-state index is 12.6. The highest BCUT2D eigenvalue weighted by Crippen LogP contribution is 2.27. The van der Waals surface area contributed by atoms with E-state index >= 15 is 0 Å². The minimum absolute atomic E-state index is 0.0740. The molecule has 0 aromatic heterocycles. The summed E-state index contributed by atoms with van der Waals surface area (Å²) in [5.74, 6) is -0.691. The van der Waals surface area contributed by atoms with Crippen molar-refractivity contribution in [3.63, 3.8) is 0 Å². The number of nitrogens with zero attached hydrogens (tertiary/aromatic N) is 2. The summed E-state index contributed by atoms with van der Waals surface area (Å²) >= 11 is 5.76. The Bertz CT molecular complexity index is 697. The lowest BCUT2D eigenvalue weighted by atomic mass is 10.2. The second kappa shape index (κ2) is 6.65. The molecule has 8 heteroatoms. The van der Waals surface area contributed by atoms with Gasteiger partial charge in [-0.2, -0.15) is 9.57 Å². The molecule has 0 radical (unpaired) electrons. The van der Waals surface area contributed by atoms with Gasteiger partial charge in [0.1, 0.15) is 12.1 Å². The number of hydrogen-bond donors (Lipinski definition) is 0. The van der Waals surface area contributed by atoms with Gasteiger partial charge in [-0.05, 0) is 44.0 Å². The van der Waals surface area contributed by atoms with E-state index in [0.717, 1.165) is 4.31 Å². The Kier molecular flexibility index (Phi) is 5.06. The van der Waals surface area contributed by atoms with Crippen LogP contribution >= 0.6 is 11.6 Å². The Hall–Kier alpha value is -1.62. The zero-order valence-corrected chi connectivity index (χ0v) is 13.5. The number of rotatable bonds is 4. The number of halogens is 1. The molecule has 0 spiro atoms. The summed E-state index contributed by atoms with van der Waals surface area (Å²) in [5, 5.41) is 9.11. The molecule has 0 amide bonds. The third kappa shape index (κ3) is 3.40. The van der Waals surface area contributed by atoms with E-state index in [9.17, 15) is 13.2 Å². The summed E-state index contributed by atoms with van der Waals surface area (Å²) in [5.41, 5.74) is 0. The summed E-state index contributed by atoms with van der Waals surface area (Å²) in [6, 6.07) is 6.65. The minimum atomic E-state index is -3.80. The Morgan fingerprint density at radius 3 is 2.68 bits per heavy atom. The number of sulfonamides is 1. The number of nitriles is 1.